The van der Waals surface area contributed by atoms with Crippen LogP contribution in [0.4, 0.5) is 0 Å². The molecule has 1 N–H and O–H groups in total. The average molecular weight is 340 g/mol. The van der Waals surface area contributed by atoms with Gasteiger partial charge in [-0.1, -0.05) is 36.8 Å². The van der Waals surface area contributed by atoms with E-state index in [9.17, 15) is 14.7 Å². The largest absolute Gasteiger partial charge is 0.550 e. The predicted molar refractivity (Wildman–Crippen MR) is 93.2 cm³/mol. The van der Waals surface area contributed by atoms with Crippen LogP contribution in [-0.4, -0.2) is 18.5 Å². The molecule has 0 unspecified atom stereocenters. The molecule has 0 radical (unpaired) electrons. The van der Waals surface area contributed by atoms with Gasteiger partial charge in [0, 0.05) is 18.0 Å². The van der Waals surface area contributed by atoms with E-state index in [0.717, 1.165) is 12.0 Å². The lowest BCUT2D eigenvalue weighted by molar-refractivity contribution is -0.306. The summed E-state index contributed by atoms with van der Waals surface area (Å²) >= 11 is 0. The molecule has 1 amide bonds. The van der Waals surface area contributed by atoms with Crippen LogP contribution in [0.3, 0.4) is 0 Å². The highest BCUT2D eigenvalue weighted by Crippen LogP contribution is 2.21. The third-order valence-electron chi connectivity index (χ3n) is 3.71. The first kappa shape index (κ1) is 18.5. The number of rotatable bonds is 8. The van der Waals surface area contributed by atoms with E-state index in [2.05, 4.69) is 5.32 Å². The first-order valence-corrected chi connectivity index (χ1v) is 8.29. The first-order chi connectivity index (χ1) is 12.0. The molecule has 0 aliphatic heterocycles. The summed E-state index contributed by atoms with van der Waals surface area (Å²) in [7, 11) is 0. The summed E-state index contributed by atoms with van der Waals surface area (Å²) in [6.45, 7) is 4.53. The Kier molecular flexibility index (Phi) is 6.57. The molecule has 132 valence electrons. The smallest absolute Gasteiger partial charge is 0.251 e. The van der Waals surface area contributed by atoms with Gasteiger partial charge < -0.3 is 20.0 Å². The summed E-state index contributed by atoms with van der Waals surface area (Å²) in [5, 5.41) is 13.8. The Bertz CT molecular complexity index is 725. The van der Waals surface area contributed by atoms with Crippen molar-refractivity contribution in [1.82, 2.24) is 5.32 Å². The number of ether oxygens (including phenoxy) is 1. The molecule has 0 saturated heterocycles. The fourth-order valence-electron chi connectivity index (χ4n) is 2.46. The summed E-state index contributed by atoms with van der Waals surface area (Å²) in [4.78, 5) is 23.5. The third-order valence-corrected chi connectivity index (χ3v) is 3.71. The van der Waals surface area contributed by atoms with Gasteiger partial charge in [0.05, 0.1) is 12.6 Å². The lowest BCUT2D eigenvalue weighted by Gasteiger charge is -2.20. The van der Waals surface area contributed by atoms with Gasteiger partial charge in [-0.15, -0.1) is 0 Å². The van der Waals surface area contributed by atoms with Crippen molar-refractivity contribution in [2.24, 2.45) is 0 Å². The van der Waals surface area contributed by atoms with Crippen molar-refractivity contribution in [3.05, 3.63) is 65.2 Å². The van der Waals surface area contributed by atoms with Gasteiger partial charge in [-0.3, -0.25) is 4.79 Å². The minimum absolute atomic E-state index is 0.299. The highest BCUT2D eigenvalue weighted by molar-refractivity contribution is 5.94. The zero-order chi connectivity index (χ0) is 18.2. The molecule has 5 heteroatoms. The molecule has 25 heavy (non-hydrogen) atoms. The van der Waals surface area contributed by atoms with Crippen LogP contribution in [-0.2, 0) is 4.79 Å². The Balaban J connectivity index is 2.15. The molecule has 0 saturated carbocycles. The molecule has 0 aliphatic carbocycles. The average Bonchev–Trinajstić information content (AvgIpc) is 2.59. The van der Waals surface area contributed by atoms with E-state index in [1.165, 1.54) is 0 Å². The van der Waals surface area contributed by atoms with Crippen molar-refractivity contribution in [3.8, 4) is 5.75 Å². The van der Waals surface area contributed by atoms with Crippen molar-refractivity contribution in [1.29, 1.82) is 0 Å². The van der Waals surface area contributed by atoms with Gasteiger partial charge in [0.25, 0.3) is 5.91 Å². The van der Waals surface area contributed by atoms with Crippen molar-refractivity contribution >= 4 is 11.9 Å². The lowest BCUT2D eigenvalue weighted by Crippen LogP contribution is -2.34. The van der Waals surface area contributed by atoms with Gasteiger partial charge in [-0.25, -0.2) is 0 Å². The van der Waals surface area contributed by atoms with Crippen molar-refractivity contribution < 1.29 is 19.4 Å². The Morgan fingerprint density at radius 1 is 1.16 bits per heavy atom. The number of carboxylic acid groups (broad SMARTS) is 1. The fraction of sp³-hybridized carbons (Fsp3) is 0.300. The number of aryl methyl sites for hydroxylation is 1. The van der Waals surface area contributed by atoms with Crippen molar-refractivity contribution in [3.63, 3.8) is 0 Å². The predicted octanol–water partition coefficient (Wildman–Crippen LogP) is 2.39. The quantitative estimate of drug-likeness (QED) is 0.800. The number of carboxylic acids is 1. The SMILES string of the molecule is CCCOc1ccc([C@@H](CC(=O)[O-])NC(=O)c2cccc(C)c2)cc1. The minimum Gasteiger partial charge on any atom is -0.550 e. The number of aliphatic carboxylic acids is 1. The molecule has 0 aromatic heterocycles. The maximum absolute atomic E-state index is 12.4. The van der Waals surface area contributed by atoms with Gasteiger partial charge in [0.2, 0.25) is 0 Å². The summed E-state index contributed by atoms with van der Waals surface area (Å²) < 4.78 is 5.52. The highest BCUT2D eigenvalue weighted by Gasteiger charge is 2.16. The Morgan fingerprint density at radius 2 is 1.88 bits per heavy atom. The molecule has 1 atom stereocenters. The summed E-state index contributed by atoms with van der Waals surface area (Å²) in [6.07, 6.45) is 0.605. The molecule has 0 bridgehead atoms. The van der Waals surface area contributed by atoms with Gasteiger partial charge >= 0.3 is 0 Å². The summed E-state index contributed by atoms with van der Waals surface area (Å²) in [5.41, 5.74) is 2.14. The van der Waals surface area contributed by atoms with Crippen molar-refractivity contribution in [2.75, 3.05) is 6.61 Å². The number of hydrogen-bond acceptors (Lipinski definition) is 4. The topological polar surface area (TPSA) is 78.5 Å². The van der Waals surface area contributed by atoms with E-state index < -0.39 is 12.0 Å². The van der Waals surface area contributed by atoms with E-state index in [4.69, 9.17) is 4.74 Å². The van der Waals surface area contributed by atoms with Crippen LogP contribution in [0.25, 0.3) is 0 Å². The van der Waals surface area contributed by atoms with Gasteiger partial charge in [-0.2, -0.15) is 0 Å². The van der Waals surface area contributed by atoms with Crippen LogP contribution in [0.5, 0.6) is 5.75 Å². The molecule has 0 aliphatic rings. The number of hydrogen-bond donors (Lipinski definition) is 1. The molecule has 0 heterocycles. The monoisotopic (exact) mass is 340 g/mol. The maximum atomic E-state index is 12.4. The summed E-state index contributed by atoms with van der Waals surface area (Å²) in [6, 6.07) is 13.5. The van der Waals surface area contributed by atoms with Crippen LogP contribution in [0.15, 0.2) is 48.5 Å². The number of amides is 1. The second-order valence-electron chi connectivity index (χ2n) is 5.89. The van der Waals surface area contributed by atoms with Crippen molar-refractivity contribution in [2.45, 2.75) is 32.7 Å². The Labute approximate surface area is 147 Å². The van der Waals surface area contributed by atoms with E-state index in [0.29, 0.717) is 23.5 Å². The van der Waals surface area contributed by atoms with Crippen LogP contribution >= 0.6 is 0 Å². The highest BCUT2D eigenvalue weighted by atomic mass is 16.5. The zero-order valence-corrected chi connectivity index (χ0v) is 14.5. The van der Waals surface area contributed by atoms with E-state index >= 15 is 0 Å². The second kappa shape index (κ2) is 8.87. The number of carbonyl (C=O) groups is 2. The molecule has 0 fully saturated rings. The zero-order valence-electron chi connectivity index (χ0n) is 14.5. The molecular formula is C20H22NO4-. The Hall–Kier alpha value is -2.82. The second-order valence-corrected chi connectivity index (χ2v) is 5.89. The standard InChI is InChI=1S/C20H23NO4/c1-3-11-25-17-9-7-15(8-10-17)18(13-19(22)23)21-20(24)16-6-4-5-14(2)12-16/h4-10,12,18H,3,11,13H2,1-2H3,(H,21,24)(H,22,23)/p-1/t18-/m1/s1. The number of nitrogens with one attached hydrogen (secondary N) is 1. The fourth-order valence-corrected chi connectivity index (χ4v) is 2.46. The third kappa shape index (κ3) is 5.64. The summed E-state index contributed by atoms with van der Waals surface area (Å²) in [5.74, 6) is -0.829. The lowest BCUT2D eigenvalue weighted by atomic mass is 10.0. The minimum atomic E-state index is -1.22. The van der Waals surface area contributed by atoms with Gasteiger partial charge in [0.1, 0.15) is 5.75 Å². The van der Waals surface area contributed by atoms with Crippen LogP contribution < -0.4 is 15.2 Å². The van der Waals surface area contributed by atoms with Crippen LogP contribution in [0.2, 0.25) is 0 Å². The molecule has 5 nitrogen and oxygen atoms in total. The van der Waals surface area contributed by atoms with Gasteiger partial charge in [-0.05, 0) is 43.2 Å². The number of carbonyl (C=O) groups excluding carboxylic acids is 2. The van der Waals surface area contributed by atoms with Crippen LogP contribution in [0.1, 0.15) is 47.3 Å². The Morgan fingerprint density at radius 3 is 2.48 bits per heavy atom. The van der Waals surface area contributed by atoms with E-state index in [-0.39, 0.29) is 12.3 Å². The van der Waals surface area contributed by atoms with E-state index in [1.54, 1.807) is 42.5 Å². The van der Waals surface area contributed by atoms with Crippen LogP contribution in [0, 0.1) is 6.92 Å². The van der Waals surface area contributed by atoms with E-state index in [1.807, 2.05) is 19.9 Å². The van der Waals surface area contributed by atoms with Gasteiger partial charge in [0.15, 0.2) is 0 Å². The molecule has 2 aromatic rings. The number of benzene rings is 2. The molecule has 2 rings (SSSR count). The maximum Gasteiger partial charge on any atom is 0.251 e. The first-order valence-electron chi connectivity index (χ1n) is 8.29. The molecule has 0 spiro atoms. The molecule has 2 aromatic carbocycles. The normalized spacial score (nSPS) is 11.6. The molecular weight excluding hydrogens is 318 g/mol.